The average Bonchev–Trinajstić information content (AvgIpc) is 2.60. The topological polar surface area (TPSA) is 12.0 Å². The van der Waals surface area contributed by atoms with Gasteiger partial charge in [-0.2, -0.15) is 0 Å². The number of nitrogens with one attached hydrogen (secondary N) is 1. The van der Waals surface area contributed by atoms with E-state index in [1.165, 1.54) is 38.6 Å². The molecule has 76 valence electrons. The molecule has 1 N–H and O–H groups in total. The van der Waals surface area contributed by atoms with Crippen LogP contribution in [0.4, 0.5) is 0 Å². The molecule has 2 fully saturated rings. The summed E-state index contributed by atoms with van der Waals surface area (Å²) in [7, 11) is 0. The molecule has 1 heterocycles. The van der Waals surface area contributed by atoms with Gasteiger partial charge in [-0.15, -0.1) is 0 Å². The summed E-state index contributed by atoms with van der Waals surface area (Å²) in [5.74, 6) is 0.894. The van der Waals surface area contributed by atoms with Gasteiger partial charge in [0.2, 0.25) is 0 Å². The number of hydrogen-bond donors (Lipinski definition) is 1. The molecule has 1 aliphatic heterocycles. The lowest BCUT2D eigenvalue weighted by Crippen LogP contribution is -2.35. The van der Waals surface area contributed by atoms with Gasteiger partial charge in [-0.1, -0.05) is 33.6 Å². The Labute approximate surface area is 82.3 Å². The van der Waals surface area contributed by atoms with Crippen molar-refractivity contribution in [1.82, 2.24) is 5.32 Å². The van der Waals surface area contributed by atoms with Gasteiger partial charge in [0.15, 0.2) is 0 Å². The zero-order valence-electron chi connectivity index (χ0n) is 9.32. The third kappa shape index (κ3) is 1.76. The molecular formula is C12H23N. The predicted molar refractivity (Wildman–Crippen MR) is 56.8 cm³/mol. The second kappa shape index (κ2) is 2.98. The monoisotopic (exact) mass is 181 g/mol. The lowest BCUT2D eigenvalue weighted by molar-refractivity contribution is 0.243. The van der Waals surface area contributed by atoms with E-state index in [4.69, 9.17) is 0 Å². The summed E-state index contributed by atoms with van der Waals surface area (Å²) in [6, 6.07) is 0. The fraction of sp³-hybridized carbons (Fsp3) is 1.00. The largest absolute Gasteiger partial charge is 0.311 e. The predicted octanol–water partition coefficient (Wildman–Crippen LogP) is 2.95. The van der Waals surface area contributed by atoms with Gasteiger partial charge >= 0.3 is 0 Å². The summed E-state index contributed by atoms with van der Waals surface area (Å²) < 4.78 is 0. The van der Waals surface area contributed by atoms with Crippen molar-refractivity contribution < 1.29 is 0 Å². The van der Waals surface area contributed by atoms with Crippen molar-refractivity contribution in [2.24, 2.45) is 11.3 Å². The lowest BCUT2D eigenvalue weighted by Gasteiger charge is -2.28. The molecule has 1 unspecified atom stereocenters. The zero-order chi connectivity index (χ0) is 9.53. The molecule has 1 aliphatic carbocycles. The first-order valence-corrected chi connectivity index (χ1v) is 5.77. The molecule has 0 aromatic carbocycles. The SMILES string of the molecule is CC(C)(C)C1CNC2(CCCC2)C1. The minimum atomic E-state index is 0.499. The fourth-order valence-electron chi connectivity index (χ4n) is 3.00. The summed E-state index contributed by atoms with van der Waals surface area (Å²) in [5.41, 5.74) is 1.07. The van der Waals surface area contributed by atoms with Crippen LogP contribution < -0.4 is 5.32 Å². The van der Waals surface area contributed by atoms with Crippen LogP contribution in [0.1, 0.15) is 52.9 Å². The van der Waals surface area contributed by atoms with Gasteiger partial charge in [0.25, 0.3) is 0 Å². The highest BCUT2D eigenvalue weighted by Gasteiger charge is 2.43. The van der Waals surface area contributed by atoms with Gasteiger partial charge in [-0.05, 0) is 37.1 Å². The van der Waals surface area contributed by atoms with E-state index < -0.39 is 0 Å². The Morgan fingerprint density at radius 1 is 1.15 bits per heavy atom. The molecule has 2 aliphatic rings. The maximum Gasteiger partial charge on any atom is 0.0185 e. The third-order valence-corrected chi connectivity index (χ3v) is 4.15. The molecule has 1 nitrogen and oxygen atoms in total. The standard InChI is InChI=1S/C12H23N/c1-11(2,3)10-8-12(13-9-10)6-4-5-7-12/h10,13H,4-9H2,1-3H3. The van der Waals surface area contributed by atoms with Crippen molar-refractivity contribution >= 4 is 0 Å². The van der Waals surface area contributed by atoms with Crippen LogP contribution in [0.5, 0.6) is 0 Å². The van der Waals surface area contributed by atoms with E-state index in [9.17, 15) is 0 Å². The summed E-state index contributed by atoms with van der Waals surface area (Å²) >= 11 is 0. The Balaban J connectivity index is 2.01. The molecule has 2 rings (SSSR count). The Morgan fingerprint density at radius 2 is 1.77 bits per heavy atom. The maximum atomic E-state index is 3.79. The van der Waals surface area contributed by atoms with Gasteiger partial charge in [-0.25, -0.2) is 0 Å². The van der Waals surface area contributed by atoms with E-state index in [1.807, 2.05) is 0 Å². The van der Waals surface area contributed by atoms with E-state index in [-0.39, 0.29) is 0 Å². The highest BCUT2D eigenvalue weighted by atomic mass is 15.0. The van der Waals surface area contributed by atoms with Crippen molar-refractivity contribution in [2.75, 3.05) is 6.54 Å². The molecule has 0 amide bonds. The highest BCUT2D eigenvalue weighted by molar-refractivity contribution is 5.01. The molecule has 1 heteroatoms. The van der Waals surface area contributed by atoms with Crippen LogP contribution in [0.3, 0.4) is 0 Å². The van der Waals surface area contributed by atoms with Crippen molar-refractivity contribution in [1.29, 1.82) is 0 Å². The van der Waals surface area contributed by atoms with Gasteiger partial charge in [0.05, 0.1) is 0 Å². The van der Waals surface area contributed by atoms with Gasteiger partial charge in [0, 0.05) is 5.54 Å². The Bertz CT molecular complexity index is 184. The molecule has 0 aromatic heterocycles. The molecular weight excluding hydrogens is 158 g/mol. The maximum absolute atomic E-state index is 3.79. The van der Waals surface area contributed by atoms with Crippen molar-refractivity contribution in [3.05, 3.63) is 0 Å². The quantitative estimate of drug-likeness (QED) is 0.606. The Hall–Kier alpha value is -0.0400. The van der Waals surface area contributed by atoms with E-state index >= 15 is 0 Å². The van der Waals surface area contributed by atoms with Gasteiger partial charge in [-0.3, -0.25) is 0 Å². The number of hydrogen-bond acceptors (Lipinski definition) is 1. The third-order valence-electron chi connectivity index (χ3n) is 4.15. The normalized spacial score (nSPS) is 33.0. The summed E-state index contributed by atoms with van der Waals surface area (Å²) in [4.78, 5) is 0. The molecule has 0 aromatic rings. The van der Waals surface area contributed by atoms with E-state index in [1.54, 1.807) is 0 Å². The second-order valence-electron chi connectivity index (χ2n) is 6.14. The molecule has 0 radical (unpaired) electrons. The molecule has 1 saturated heterocycles. The van der Waals surface area contributed by atoms with Crippen LogP contribution in [0.25, 0.3) is 0 Å². The van der Waals surface area contributed by atoms with Crippen LogP contribution in [0, 0.1) is 11.3 Å². The second-order valence-corrected chi connectivity index (χ2v) is 6.14. The van der Waals surface area contributed by atoms with Crippen LogP contribution >= 0.6 is 0 Å². The molecule has 1 spiro atoms. The van der Waals surface area contributed by atoms with Gasteiger partial charge in [0.1, 0.15) is 0 Å². The van der Waals surface area contributed by atoms with Crippen LogP contribution in [-0.4, -0.2) is 12.1 Å². The first-order valence-electron chi connectivity index (χ1n) is 5.77. The Morgan fingerprint density at radius 3 is 2.23 bits per heavy atom. The lowest BCUT2D eigenvalue weighted by atomic mass is 9.76. The summed E-state index contributed by atoms with van der Waals surface area (Å²) in [6.07, 6.45) is 7.18. The minimum absolute atomic E-state index is 0.499. The first kappa shape index (κ1) is 9.51. The van der Waals surface area contributed by atoms with E-state index in [2.05, 4.69) is 26.1 Å². The van der Waals surface area contributed by atoms with Crippen LogP contribution in [0.15, 0.2) is 0 Å². The molecule has 1 atom stereocenters. The Kier molecular flexibility index (Phi) is 2.18. The van der Waals surface area contributed by atoms with E-state index in [0.717, 1.165) is 5.92 Å². The summed E-state index contributed by atoms with van der Waals surface area (Å²) in [5, 5.41) is 3.79. The van der Waals surface area contributed by atoms with E-state index in [0.29, 0.717) is 11.0 Å². The smallest absolute Gasteiger partial charge is 0.0185 e. The molecule has 13 heavy (non-hydrogen) atoms. The van der Waals surface area contributed by atoms with Crippen molar-refractivity contribution in [2.45, 2.75) is 58.4 Å². The zero-order valence-corrected chi connectivity index (χ0v) is 9.32. The number of rotatable bonds is 0. The first-order chi connectivity index (χ1) is 6.02. The fourth-order valence-corrected chi connectivity index (χ4v) is 3.00. The average molecular weight is 181 g/mol. The van der Waals surface area contributed by atoms with Crippen LogP contribution in [-0.2, 0) is 0 Å². The van der Waals surface area contributed by atoms with Gasteiger partial charge < -0.3 is 5.32 Å². The van der Waals surface area contributed by atoms with Crippen LogP contribution in [0.2, 0.25) is 0 Å². The van der Waals surface area contributed by atoms with Crippen molar-refractivity contribution in [3.63, 3.8) is 0 Å². The highest BCUT2D eigenvalue weighted by Crippen LogP contribution is 2.44. The summed E-state index contributed by atoms with van der Waals surface area (Å²) in [6.45, 7) is 8.40. The minimum Gasteiger partial charge on any atom is -0.311 e. The molecule has 0 bridgehead atoms. The van der Waals surface area contributed by atoms with Crippen molar-refractivity contribution in [3.8, 4) is 0 Å². The molecule has 1 saturated carbocycles.